The summed E-state index contributed by atoms with van der Waals surface area (Å²) < 4.78 is 13.3. The molecule has 0 spiro atoms. The maximum atomic E-state index is 13.3. The number of hydrogen-bond donors (Lipinski definition) is 4. The molecule has 0 heterocycles. The molecule has 2 rings (SSSR count). The van der Waals surface area contributed by atoms with E-state index >= 15 is 0 Å². The van der Waals surface area contributed by atoms with Crippen molar-refractivity contribution in [2.45, 2.75) is 107 Å². The zero-order valence-corrected chi connectivity index (χ0v) is 20.6. The summed E-state index contributed by atoms with van der Waals surface area (Å²) in [5, 5.41) is 41.2. The number of hydrogen-bond acceptors (Lipinski definition) is 5. The maximum Gasteiger partial charge on any atom is 0.303 e. The van der Waals surface area contributed by atoms with E-state index in [9.17, 15) is 24.5 Å². The molecule has 33 heavy (non-hydrogen) atoms. The van der Waals surface area contributed by atoms with Crippen LogP contribution in [0.1, 0.15) is 83.1 Å². The first-order chi connectivity index (χ1) is 15.7. The minimum Gasteiger partial charge on any atom is -0.481 e. The fourth-order valence-corrected chi connectivity index (χ4v) is 6.46. The van der Waals surface area contributed by atoms with Crippen molar-refractivity contribution in [3.63, 3.8) is 0 Å². The van der Waals surface area contributed by atoms with Gasteiger partial charge in [0.25, 0.3) is 0 Å². The molecule has 5 nitrogen and oxygen atoms in total. The van der Waals surface area contributed by atoms with Gasteiger partial charge in [-0.15, -0.1) is 0 Å². The van der Waals surface area contributed by atoms with Crippen molar-refractivity contribution < 1.29 is 29.6 Å². The van der Waals surface area contributed by atoms with Crippen molar-refractivity contribution in [2.75, 3.05) is 5.75 Å². The highest BCUT2D eigenvalue weighted by molar-refractivity contribution is 8.00. The highest BCUT2D eigenvalue weighted by Gasteiger charge is 2.42. The van der Waals surface area contributed by atoms with E-state index in [0.717, 1.165) is 50.5 Å². The van der Waals surface area contributed by atoms with Gasteiger partial charge < -0.3 is 20.4 Å². The second kappa shape index (κ2) is 14.3. The van der Waals surface area contributed by atoms with E-state index in [4.69, 9.17) is 5.11 Å². The highest BCUT2D eigenvalue weighted by Crippen LogP contribution is 2.41. The van der Waals surface area contributed by atoms with Crippen molar-refractivity contribution in [3.8, 4) is 0 Å². The first-order valence-corrected chi connectivity index (χ1v) is 13.5. The number of carboxylic acid groups (broad SMARTS) is 1. The number of rotatable bonds is 16. The third kappa shape index (κ3) is 9.93. The molecule has 0 amide bonds. The average Bonchev–Trinajstić information content (AvgIpc) is 3.03. The fourth-order valence-electron chi connectivity index (χ4n) is 4.81. The first kappa shape index (κ1) is 28.1. The first-order valence-electron chi connectivity index (χ1n) is 12.4. The largest absolute Gasteiger partial charge is 0.481 e. The number of carbonyl (C=O) groups is 1. The van der Waals surface area contributed by atoms with E-state index in [1.54, 1.807) is 23.9 Å². The van der Waals surface area contributed by atoms with Gasteiger partial charge in [0.15, 0.2) is 0 Å². The van der Waals surface area contributed by atoms with Gasteiger partial charge in [-0.25, -0.2) is 4.39 Å². The third-order valence-corrected chi connectivity index (χ3v) is 8.45. The van der Waals surface area contributed by atoms with Gasteiger partial charge in [-0.3, -0.25) is 4.79 Å². The van der Waals surface area contributed by atoms with Crippen molar-refractivity contribution >= 4 is 17.7 Å². The lowest BCUT2D eigenvalue weighted by atomic mass is 9.91. The molecule has 0 saturated heterocycles. The highest BCUT2D eigenvalue weighted by atomic mass is 32.2. The summed E-state index contributed by atoms with van der Waals surface area (Å²) in [4.78, 5) is 10.6. The molecule has 1 aliphatic rings. The summed E-state index contributed by atoms with van der Waals surface area (Å²) in [7, 11) is 0. The van der Waals surface area contributed by atoms with E-state index in [0.29, 0.717) is 31.4 Å². The van der Waals surface area contributed by atoms with E-state index < -0.39 is 23.8 Å². The number of unbranched alkanes of at least 4 members (excludes halogenated alkanes) is 5. The summed E-state index contributed by atoms with van der Waals surface area (Å²) >= 11 is 1.55. The molecule has 0 radical (unpaired) electrons. The van der Waals surface area contributed by atoms with Crippen molar-refractivity contribution in [1.82, 2.24) is 0 Å². The van der Waals surface area contributed by atoms with Crippen LogP contribution in [0.2, 0.25) is 0 Å². The monoisotopic (exact) mass is 484 g/mol. The second-order valence-electron chi connectivity index (χ2n) is 9.64. The van der Waals surface area contributed by atoms with Crippen molar-refractivity contribution in [1.29, 1.82) is 0 Å². The summed E-state index contributed by atoms with van der Waals surface area (Å²) in [5.41, 5.74) is -0.0623. The minimum atomic E-state index is -0.952. The lowest BCUT2D eigenvalue weighted by Gasteiger charge is -2.32. The standard InChI is InChI=1S/C26H41FO5S/c1-2-3-8-15-26(32,17-19-11-13-20(27)14-12-19)18-33-25-21(22(28)16-23(25)29)9-6-4-5-7-10-24(30)31/h11-14,21-23,25,28-29,32H,2-10,15-18H2,1H3,(H,30,31)/t21-,22?,23?,25+,26?/m0/s1. The van der Waals surface area contributed by atoms with Gasteiger partial charge in [0.05, 0.1) is 17.8 Å². The summed E-state index contributed by atoms with van der Waals surface area (Å²) in [6, 6.07) is 6.26. The molecule has 0 aliphatic heterocycles. The Kier molecular flexibility index (Phi) is 12.2. The fraction of sp³-hybridized carbons (Fsp3) is 0.731. The van der Waals surface area contributed by atoms with Gasteiger partial charge in [0, 0.05) is 30.3 Å². The molecule has 0 aromatic heterocycles. The van der Waals surface area contributed by atoms with Crippen LogP contribution >= 0.6 is 11.8 Å². The van der Waals surface area contributed by atoms with Crippen LogP contribution in [0.25, 0.3) is 0 Å². The van der Waals surface area contributed by atoms with Crippen LogP contribution in [0.3, 0.4) is 0 Å². The van der Waals surface area contributed by atoms with E-state index in [-0.39, 0.29) is 23.4 Å². The van der Waals surface area contributed by atoms with Gasteiger partial charge in [-0.2, -0.15) is 11.8 Å². The second-order valence-corrected chi connectivity index (χ2v) is 10.8. The molecular formula is C26H41FO5S. The molecule has 1 aliphatic carbocycles. The van der Waals surface area contributed by atoms with Gasteiger partial charge in [0.2, 0.25) is 0 Å². The summed E-state index contributed by atoms with van der Waals surface area (Å²) in [6.07, 6.45) is 7.57. The number of aliphatic carboxylic acids is 1. The Bertz CT molecular complexity index is 700. The predicted molar refractivity (Wildman–Crippen MR) is 131 cm³/mol. The van der Waals surface area contributed by atoms with Crippen molar-refractivity contribution in [3.05, 3.63) is 35.6 Å². The number of aliphatic hydroxyl groups is 3. The molecule has 1 aromatic rings. The lowest BCUT2D eigenvalue weighted by Crippen LogP contribution is -2.37. The Hall–Kier alpha value is -1.15. The molecule has 0 bridgehead atoms. The molecule has 1 aromatic carbocycles. The van der Waals surface area contributed by atoms with Crippen LogP contribution in [0.5, 0.6) is 0 Å². The normalized spacial score (nSPS) is 24.6. The molecule has 4 N–H and O–H groups in total. The minimum absolute atomic E-state index is 0.0322. The number of halogens is 1. The van der Waals surface area contributed by atoms with Gasteiger partial charge in [-0.1, -0.05) is 57.6 Å². The smallest absolute Gasteiger partial charge is 0.303 e. The van der Waals surface area contributed by atoms with E-state index in [1.807, 2.05) is 0 Å². The Morgan fingerprint density at radius 3 is 2.42 bits per heavy atom. The number of carboxylic acids is 1. The Morgan fingerprint density at radius 1 is 1.06 bits per heavy atom. The Morgan fingerprint density at radius 2 is 1.76 bits per heavy atom. The van der Waals surface area contributed by atoms with E-state index in [2.05, 4.69) is 6.92 Å². The zero-order valence-electron chi connectivity index (χ0n) is 19.8. The van der Waals surface area contributed by atoms with Crippen LogP contribution in [0, 0.1) is 11.7 Å². The van der Waals surface area contributed by atoms with Crippen LogP contribution in [0.4, 0.5) is 4.39 Å². The maximum absolute atomic E-state index is 13.3. The van der Waals surface area contributed by atoms with Crippen LogP contribution in [-0.4, -0.2) is 55.2 Å². The van der Waals surface area contributed by atoms with Gasteiger partial charge >= 0.3 is 5.97 Å². The van der Waals surface area contributed by atoms with Gasteiger partial charge in [0.1, 0.15) is 5.82 Å². The molecule has 7 heteroatoms. The SMILES string of the molecule is CCCCCC(O)(CS[C@H]1C(O)CC(O)[C@@H]1CCCCCCC(=O)O)Cc1ccc(F)cc1. The summed E-state index contributed by atoms with van der Waals surface area (Å²) in [6.45, 7) is 2.12. The molecule has 1 saturated carbocycles. The quantitative estimate of drug-likeness (QED) is 0.248. The number of aliphatic hydroxyl groups excluding tert-OH is 2. The van der Waals surface area contributed by atoms with E-state index in [1.165, 1.54) is 12.1 Å². The molecular weight excluding hydrogens is 443 g/mol. The lowest BCUT2D eigenvalue weighted by molar-refractivity contribution is -0.137. The zero-order chi connectivity index (χ0) is 24.3. The third-order valence-electron chi connectivity index (χ3n) is 6.69. The molecule has 188 valence electrons. The van der Waals surface area contributed by atoms with Crippen LogP contribution in [0.15, 0.2) is 24.3 Å². The number of benzene rings is 1. The number of thioether (sulfide) groups is 1. The van der Waals surface area contributed by atoms with Crippen LogP contribution < -0.4 is 0 Å². The Labute approximate surface area is 201 Å². The predicted octanol–water partition coefficient (Wildman–Crippen LogP) is 4.95. The topological polar surface area (TPSA) is 98.0 Å². The average molecular weight is 485 g/mol. The van der Waals surface area contributed by atoms with Crippen molar-refractivity contribution in [2.24, 2.45) is 5.92 Å². The summed E-state index contributed by atoms with van der Waals surface area (Å²) in [5.74, 6) is -0.642. The molecule has 5 atom stereocenters. The Balaban J connectivity index is 1.94. The molecule has 3 unspecified atom stereocenters. The van der Waals surface area contributed by atoms with Crippen LogP contribution in [-0.2, 0) is 11.2 Å². The van der Waals surface area contributed by atoms with Gasteiger partial charge in [-0.05, 0) is 42.9 Å². The molecule has 1 fully saturated rings.